The molecule has 0 saturated heterocycles. The molecule has 0 spiro atoms. The number of rotatable bonds is 3. The van der Waals surface area contributed by atoms with Gasteiger partial charge in [0.15, 0.2) is 0 Å². The Morgan fingerprint density at radius 3 is 2.10 bits per heavy atom. The summed E-state index contributed by atoms with van der Waals surface area (Å²) in [6.45, 7) is 0.500. The fraction of sp³-hybridized carbons (Fsp3) is 0.0800. The molecular weight excluding hydrogens is 553 g/mol. The van der Waals surface area contributed by atoms with E-state index < -0.39 is 0 Å². The van der Waals surface area contributed by atoms with Crippen LogP contribution in [0.25, 0.3) is 11.3 Å². The van der Waals surface area contributed by atoms with Gasteiger partial charge in [-0.25, -0.2) is 0 Å². The van der Waals surface area contributed by atoms with Gasteiger partial charge in [-0.15, -0.1) is 0 Å². The van der Waals surface area contributed by atoms with E-state index in [9.17, 15) is 0 Å². The van der Waals surface area contributed by atoms with E-state index in [1.807, 2.05) is 60.7 Å². The average Bonchev–Trinajstić information content (AvgIpc) is 2.92. The quantitative estimate of drug-likeness (QED) is 0.267. The second kappa shape index (κ2) is 10.8. The first kappa shape index (κ1) is 24.2. The van der Waals surface area contributed by atoms with Gasteiger partial charge in [-0.3, -0.25) is 4.99 Å². The maximum absolute atomic E-state index is 4.87. The van der Waals surface area contributed by atoms with E-state index >= 15 is 0 Å². The standard InChI is InChI=1S/C24H17N4.CH4.B.Re/c1-3-9-17(10-4-1)22-20-13-7-8-14-21(20)23-18(15-25-22)16-26-24(28-23)27-19-11-5-2-6-12-19;;;/h1-14H,15H2,(H,26,27,28);1H4;;/q-1;;;. The Labute approximate surface area is 199 Å². The second-order valence-corrected chi connectivity index (χ2v) is 6.55. The summed E-state index contributed by atoms with van der Waals surface area (Å²) in [5.74, 6) is 0.530. The van der Waals surface area contributed by atoms with Crippen LogP contribution in [0.5, 0.6) is 0 Å². The van der Waals surface area contributed by atoms with Crippen molar-refractivity contribution in [3.63, 3.8) is 0 Å². The number of hydrogen-bond acceptors (Lipinski definition) is 4. The number of fused-ring (bicyclic) bond motifs is 3. The fourth-order valence-electron chi connectivity index (χ4n) is 3.39. The van der Waals surface area contributed by atoms with Crippen LogP contribution in [-0.2, 0) is 27.0 Å². The van der Waals surface area contributed by atoms with Crippen molar-refractivity contribution in [1.29, 1.82) is 0 Å². The average molecular weight is 574 g/mol. The van der Waals surface area contributed by atoms with Crippen molar-refractivity contribution >= 4 is 25.8 Å². The molecule has 31 heavy (non-hydrogen) atoms. The third-order valence-electron chi connectivity index (χ3n) is 4.71. The van der Waals surface area contributed by atoms with E-state index in [0.717, 1.165) is 39.3 Å². The van der Waals surface area contributed by atoms with E-state index in [-0.39, 0.29) is 36.3 Å². The number of aliphatic imine (C=N–C) groups is 1. The van der Waals surface area contributed by atoms with Crippen LogP contribution in [0.4, 0.5) is 11.6 Å². The molecule has 0 amide bonds. The van der Waals surface area contributed by atoms with Crippen molar-refractivity contribution in [2.75, 3.05) is 5.32 Å². The van der Waals surface area contributed by atoms with Gasteiger partial charge < -0.3 is 15.3 Å². The molecule has 0 bridgehead atoms. The zero-order chi connectivity index (χ0) is 18.8. The van der Waals surface area contributed by atoms with Gasteiger partial charge in [-0.05, 0) is 29.0 Å². The van der Waals surface area contributed by atoms with Crippen LogP contribution in [0.3, 0.4) is 0 Å². The van der Waals surface area contributed by atoms with Crippen LogP contribution in [0.2, 0.25) is 0 Å². The second-order valence-electron chi connectivity index (χ2n) is 6.55. The van der Waals surface area contributed by atoms with Crippen LogP contribution in [0.1, 0.15) is 24.1 Å². The van der Waals surface area contributed by atoms with Crippen LogP contribution in [0.15, 0.2) is 89.9 Å². The summed E-state index contributed by atoms with van der Waals surface area (Å²) in [6, 6.07) is 28.4. The summed E-state index contributed by atoms with van der Waals surface area (Å²) in [5.41, 5.74) is 6.91. The summed E-state index contributed by atoms with van der Waals surface area (Å²) >= 11 is 0. The van der Waals surface area contributed by atoms with Crippen molar-refractivity contribution in [1.82, 2.24) is 9.97 Å². The summed E-state index contributed by atoms with van der Waals surface area (Å²) < 4.78 is 0. The Morgan fingerprint density at radius 2 is 1.39 bits per heavy atom. The Morgan fingerprint density at radius 1 is 0.774 bits per heavy atom. The molecule has 2 heterocycles. The minimum Gasteiger partial charge on any atom is -0.378 e. The molecule has 5 rings (SSSR count). The molecule has 3 aromatic carbocycles. The van der Waals surface area contributed by atoms with Gasteiger partial charge in [-0.1, -0.05) is 92.0 Å². The first-order valence-corrected chi connectivity index (χ1v) is 9.19. The molecule has 6 heteroatoms. The van der Waals surface area contributed by atoms with E-state index in [1.54, 1.807) is 0 Å². The summed E-state index contributed by atoms with van der Waals surface area (Å²) in [5, 5.41) is 3.26. The molecule has 1 N–H and O–H groups in total. The first-order valence-electron chi connectivity index (χ1n) is 9.19. The maximum Gasteiger partial charge on any atom is 0.111 e. The van der Waals surface area contributed by atoms with Crippen LogP contribution in [-0.4, -0.2) is 24.1 Å². The van der Waals surface area contributed by atoms with Crippen LogP contribution < -0.4 is 5.32 Å². The molecule has 4 radical (unpaired) electrons. The predicted molar refractivity (Wildman–Crippen MR) is 124 cm³/mol. The minimum atomic E-state index is 0. The largest absolute Gasteiger partial charge is 0.378 e. The monoisotopic (exact) mass is 575 g/mol. The molecular formula is C25H21BN4Re-. The summed E-state index contributed by atoms with van der Waals surface area (Å²) in [7, 11) is 0. The Balaban J connectivity index is 0.00000114. The number of benzene rings is 3. The van der Waals surface area contributed by atoms with Gasteiger partial charge in [0.05, 0.1) is 5.71 Å². The third kappa shape index (κ3) is 4.99. The molecule has 0 atom stereocenters. The van der Waals surface area contributed by atoms with Crippen molar-refractivity contribution in [3.8, 4) is 11.3 Å². The van der Waals surface area contributed by atoms with Crippen LogP contribution in [0, 0.1) is 6.20 Å². The van der Waals surface area contributed by atoms with Gasteiger partial charge >= 0.3 is 0 Å². The first-order chi connectivity index (χ1) is 13.9. The fourth-order valence-corrected chi connectivity index (χ4v) is 3.39. The zero-order valence-corrected chi connectivity index (χ0v) is 18.8. The van der Waals surface area contributed by atoms with Gasteiger partial charge in [0.25, 0.3) is 0 Å². The number of hydrogen-bond donors (Lipinski definition) is 1. The van der Waals surface area contributed by atoms with Crippen molar-refractivity contribution in [2.24, 2.45) is 4.99 Å². The SMILES string of the molecule is C.[B].[Re].[c-]1nc(Nc2ccccc2)nc2c1CN=C(c1ccccc1)c1ccccc1-2. The molecule has 4 nitrogen and oxygen atoms in total. The third-order valence-corrected chi connectivity index (χ3v) is 4.71. The molecule has 0 unspecified atom stereocenters. The molecule has 0 fully saturated rings. The van der Waals surface area contributed by atoms with E-state index in [1.165, 1.54) is 0 Å². The number of anilines is 2. The van der Waals surface area contributed by atoms with Gasteiger partial charge in [0, 0.05) is 46.6 Å². The Bertz CT molecular complexity index is 1160. The van der Waals surface area contributed by atoms with E-state index in [0.29, 0.717) is 12.5 Å². The number of para-hydroxylation sites is 1. The molecule has 0 aliphatic carbocycles. The van der Waals surface area contributed by atoms with Crippen LogP contribution >= 0.6 is 0 Å². The molecule has 1 aliphatic heterocycles. The molecule has 1 aliphatic rings. The topological polar surface area (TPSA) is 50.2 Å². The van der Waals surface area contributed by atoms with Crippen molar-refractivity contribution in [3.05, 3.63) is 108 Å². The number of nitrogens with one attached hydrogen (secondary N) is 1. The minimum absolute atomic E-state index is 0. The number of aromatic nitrogens is 2. The maximum atomic E-state index is 4.87. The van der Waals surface area contributed by atoms with E-state index in [2.05, 4.69) is 40.8 Å². The molecule has 4 aromatic rings. The molecule has 0 saturated carbocycles. The summed E-state index contributed by atoms with van der Waals surface area (Å²) in [4.78, 5) is 14.1. The zero-order valence-electron chi connectivity index (χ0n) is 16.1. The summed E-state index contributed by atoms with van der Waals surface area (Å²) in [6.07, 6.45) is 3.15. The molecule has 1 aromatic heterocycles. The molecule has 152 valence electrons. The smallest absolute Gasteiger partial charge is 0.111 e. The van der Waals surface area contributed by atoms with Gasteiger partial charge in [0.2, 0.25) is 0 Å². The van der Waals surface area contributed by atoms with Crippen molar-refractivity contribution in [2.45, 2.75) is 14.0 Å². The van der Waals surface area contributed by atoms with Gasteiger partial charge in [-0.2, -0.15) is 0 Å². The van der Waals surface area contributed by atoms with Gasteiger partial charge in [0.1, 0.15) is 5.95 Å². The van der Waals surface area contributed by atoms with Crippen molar-refractivity contribution < 1.29 is 20.4 Å². The number of nitrogens with zero attached hydrogens (tertiary/aromatic N) is 3. The van der Waals surface area contributed by atoms with E-state index in [4.69, 9.17) is 9.98 Å². The predicted octanol–water partition coefficient (Wildman–Crippen LogP) is 5.29. The normalized spacial score (nSPS) is 11.2. The Hall–Kier alpha value is -3.06. The Kier molecular flexibility index (Phi) is 8.44.